The summed E-state index contributed by atoms with van der Waals surface area (Å²) in [5.74, 6) is -3.07. The highest BCUT2D eigenvalue weighted by molar-refractivity contribution is 5.90. The molecule has 0 spiro atoms. The maximum Gasteiger partial charge on any atom is 0.338 e. The molecule has 1 saturated heterocycles. The van der Waals surface area contributed by atoms with Gasteiger partial charge in [-0.05, 0) is 36.4 Å². The average Bonchev–Trinajstić information content (AvgIpc) is 2.80. The second kappa shape index (κ2) is 9.92. The Morgan fingerprint density at radius 1 is 0.909 bits per heavy atom. The van der Waals surface area contributed by atoms with Crippen molar-refractivity contribution in [2.24, 2.45) is 0 Å². The maximum atomic E-state index is 12.2. The summed E-state index contributed by atoms with van der Waals surface area (Å²) < 4.78 is 21.1. The van der Waals surface area contributed by atoms with Crippen LogP contribution in [-0.2, 0) is 9.47 Å². The Kier molecular flexibility index (Phi) is 7.23. The van der Waals surface area contributed by atoms with Crippen molar-refractivity contribution in [2.75, 3.05) is 13.7 Å². The first kappa shape index (κ1) is 24.1. The molecule has 1 aliphatic heterocycles. The molecule has 0 aromatic heterocycles. The van der Waals surface area contributed by atoms with E-state index in [0.29, 0.717) is 0 Å². The fourth-order valence-electron chi connectivity index (χ4n) is 3.07. The first-order chi connectivity index (χ1) is 15.6. The summed E-state index contributed by atoms with van der Waals surface area (Å²) in [5.41, 5.74) is -0.169. The Labute approximate surface area is 186 Å². The number of ether oxygens (including phenoxy) is 4. The van der Waals surface area contributed by atoms with E-state index in [2.05, 4.69) is 0 Å². The summed E-state index contributed by atoms with van der Waals surface area (Å²) in [5, 5.41) is 58.5. The minimum absolute atomic E-state index is 0.00884. The number of methoxy groups -OCH3 is 1. The number of carbonyl (C=O) groups excluding carboxylic acids is 1. The van der Waals surface area contributed by atoms with E-state index in [4.69, 9.17) is 24.1 Å². The minimum Gasteiger partial charge on any atom is -0.504 e. The summed E-state index contributed by atoms with van der Waals surface area (Å²) in [7, 11) is 1.27. The van der Waals surface area contributed by atoms with E-state index in [0.717, 1.165) is 12.1 Å². The molecule has 1 fully saturated rings. The van der Waals surface area contributed by atoms with Crippen LogP contribution in [0.1, 0.15) is 20.7 Å². The number of aromatic hydroxyl groups is 2. The lowest BCUT2D eigenvalue weighted by Gasteiger charge is -2.40. The highest BCUT2D eigenvalue weighted by Crippen LogP contribution is 2.32. The van der Waals surface area contributed by atoms with Crippen LogP contribution in [0.25, 0.3) is 0 Å². The molecule has 6 N–H and O–H groups in total. The number of rotatable bonds is 7. The van der Waals surface area contributed by atoms with E-state index in [1.165, 1.54) is 31.4 Å². The molecule has 1 aliphatic rings. The summed E-state index contributed by atoms with van der Waals surface area (Å²) in [4.78, 5) is 23.3. The van der Waals surface area contributed by atoms with Gasteiger partial charge in [-0.2, -0.15) is 0 Å². The van der Waals surface area contributed by atoms with Gasteiger partial charge in [0.1, 0.15) is 31.0 Å². The molecule has 0 aliphatic carbocycles. The zero-order valence-electron chi connectivity index (χ0n) is 17.2. The lowest BCUT2D eigenvalue weighted by atomic mass is 9.99. The van der Waals surface area contributed by atoms with Gasteiger partial charge in [0.25, 0.3) is 0 Å². The van der Waals surface area contributed by atoms with Gasteiger partial charge in [-0.25, -0.2) is 9.59 Å². The predicted octanol–water partition coefficient (Wildman–Crippen LogP) is -0.152. The molecule has 178 valence electrons. The van der Waals surface area contributed by atoms with Crippen molar-refractivity contribution in [3.05, 3.63) is 47.5 Å². The van der Waals surface area contributed by atoms with Gasteiger partial charge in [-0.3, -0.25) is 0 Å². The largest absolute Gasteiger partial charge is 0.504 e. The molecular formula is C21H22O12. The molecule has 0 radical (unpaired) electrons. The van der Waals surface area contributed by atoms with E-state index in [1.807, 2.05) is 0 Å². The van der Waals surface area contributed by atoms with E-state index >= 15 is 0 Å². The number of benzene rings is 2. The first-order valence-electron chi connectivity index (χ1n) is 9.59. The Morgan fingerprint density at radius 2 is 1.61 bits per heavy atom. The van der Waals surface area contributed by atoms with Crippen molar-refractivity contribution in [2.45, 2.75) is 30.7 Å². The topological polar surface area (TPSA) is 192 Å². The van der Waals surface area contributed by atoms with Crippen molar-refractivity contribution in [1.82, 2.24) is 0 Å². The first-order valence-corrected chi connectivity index (χ1v) is 9.59. The van der Waals surface area contributed by atoms with Crippen molar-refractivity contribution in [3.8, 4) is 23.0 Å². The van der Waals surface area contributed by atoms with E-state index in [1.54, 1.807) is 0 Å². The third-order valence-electron chi connectivity index (χ3n) is 4.91. The van der Waals surface area contributed by atoms with Gasteiger partial charge in [0.15, 0.2) is 23.0 Å². The number of carbonyl (C=O) groups is 2. The number of carboxylic acids is 1. The number of esters is 1. The van der Waals surface area contributed by atoms with E-state index in [-0.39, 0.29) is 22.6 Å². The fraction of sp³-hybridized carbons (Fsp3) is 0.333. The van der Waals surface area contributed by atoms with Crippen molar-refractivity contribution >= 4 is 11.9 Å². The molecule has 0 unspecified atom stereocenters. The number of hydrogen-bond acceptors (Lipinski definition) is 11. The van der Waals surface area contributed by atoms with Gasteiger partial charge in [-0.1, -0.05) is 0 Å². The number of phenols is 2. The van der Waals surface area contributed by atoms with Gasteiger partial charge >= 0.3 is 11.9 Å². The normalized spacial score (nSPS) is 24.7. The number of aromatic carboxylic acids is 1. The van der Waals surface area contributed by atoms with Crippen LogP contribution in [0.3, 0.4) is 0 Å². The number of aliphatic hydroxyl groups is 3. The molecule has 33 heavy (non-hydrogen) atoms. The third-order valence-corrected chi connectivity index (χ3v) is 4.91. The average molecular weight is 466 g/mol. The van der Waals surface area contributed by atoms with Gasteiger partial charge in [0.2, 0.25) is 6.29 Å². The Bertz CT molecular complexity index is 1020. The minimum atomic E-state index is -1.73. The highest BCUT2D eigenvalue weighted by Gasteiger charge is 2.45. The van der Waals surface area contributed by atoms with Gasteiger partial charge < -0.3 is 49.6 Å². The SMILES string of the molecule is COc1cc(C(=O)O)ccc1O[C@H]1O[C@H](COC(=O)c2ccc(O)c(O)c2)[C@@H](O)[C@H](O)[C@H]1O. The molecule has 12 nitrogen and oxygen atoms in total. The van der Waals surface area contributed by atoms with Crippen molar-refractivity contribution in [3.63, 3.8) is 0 Å². The quantitative estimate of drug-likeness (QED) is 0.234. The third kappa shape index (κ3) is 5.26. The Balaban J connectivity index is 1.71. The molecule has 5 atom stereocenters. The van der Waals surface area contributed by atoms with E-state index in [9.17, 15) is 35.1 Å². The number of aliphatic hydroxyl groups excluding tert-OH is 3. The Morgan fingerprint density at radius 3 is 2.24 bits per heavy atom. The number of carboxylic acid groups (broad SMARTS) is 1. The van der Waals surface area contributed by atoms with Crippen LogP contribution in [-0.4, -0.2) is 87.0 Å². The molecule has 0 amide bonds. The molecule has 12 heteroatoms. The van der Waals surface area contributed by atoms with Crippen LogP contribution < -0.4 is 9.47 Å². The van der Waals surface area contributed by atoms with Crippen LogP contribution in [0.15, 0.2) is 36.4 Å². The summed E-state index contributed by atoms with van der Waals surface area (Å²) in [6, 6.07) is 6.95. The smallest absolute Gasteiger partial charge is 0.338 e. The Hall–Kier alpha value is -3.58. The zero-order valence-corrected chi connectivity index (χ0v) is 17.2. The number of hydrogen-bond donors (Lipinski definition) is 6. The van der Waals surface area contributed by atoms with Crippen molar-refractivity contribution < 1.29 is 59.2 Å². The van der Waals surface area contributed by atoms with Crippen LogP contribution in [0.5, 0.6) is 23.0 Å². The lowest BCUT2D eigenvalue weighted by Crippen LogP contribution is -2.60. The van der Waals surface area contributed by atoms with Crippen LogP contribution >= 0.6 is 0 Å². The molecule has 3 rings (SSSR count). The van der Waals surface area contributed by atoms with Crippen LogP contribution in [0.2, 0.25) is 0 Å². The fourth-order valence-corrected chi connectivity index (χ4v) is 3.07. The monoisotopic (exact) mass is 466 g/mol. The summed E-state index contributed by atoms with van der Waals surface area (Å²) >= 11 is 0. The van der Waals surface area contributed by atoms with Crippen molar-refractivity contribution in [1.29, 1.82) is 0 Å². The summed E-state index contributed by atoms with van der Waals surface area (Å²) in [6.07, 6.45) is -7.92. The predicted molar refractivity (Wildman–Crippen MR) is 107 cm³/mol. The molecule has 2 aromatic rings. The standard InChI is InChI=1S/C21H22O12/c1-30-14-7-9(19(27)28)3-5-13(14)32-21-18(26)17(25)16(24)15(33-21)8-31-20(29)10-2-4-11(22)12(23)6-10/h2-7,15-18,21-26H,8H2,1H3,(H,27,28)/t15-,16-,17+,18-,21+/m1/s1. The lowest BCUT2D eigenvalue weighted by molar-refractivity contribution is -0.277. The maximum absolute atomic E-state index is 12.2. The van der Waals surface area contributed by atoms with Gasteiger partial charge in [0, 0.05) is 0 Å². The molecule has 2 aromatic carbocycles. The second-order valence-corrected chi connectivity index (χ2v) is 7.11. The molecule has 1 heterocycles. The van der Waals surface area contributed by atoms with Gasteiger partial charge in [-0.15, -0.1) is 0 Å². The molecule has 0 saturated carbocycles. The summed E-state index contributed by atoms with van der Waals surface area (Å²) in [6.45, 7) is -0.555. The molecular weight excluding hydrogens is 444 g/mol. The highest BCUT2D eigenvalue weighted by atomic mass is 16.7. The van der Waals surface area contributed by atoms with E-state index < -0.39 is 60.8 Å². The van der Waals surface area contributed by atoms with Crippen LogP contribution in [0.4, 0.5) is 0 Å². The second-order valence-electron chi connectivity index (χ2n) is 7.11. The van der Waals surface area contributed by atoms with Gasteiger partial charge in [0.05, 0.1) is 18.2 Å². The van der Waals surface area contributed by atoms with Crippen LogP contribution in [0, 0.1) is 0 Å². The molecule has 0 bridgehead atoms. The zero-order chi connectivity index (χ0) is 24.3. The number of phenolic OH excluding ortho intramolecular Hbond substituents is 2.